The molecule has 2 aromatic rings. The molecule has 0 aliphatic carbocycles. The Morgan fingerprint density at radius 1 is 1.43 bits per heavy atom. The van der Waals surface area contributed by atoms with Crippen molar-refractivity contribution in [3.63, 3.8) is 0 Å². The summed E-state index contributed by atoms with van der Waals surface area (Å²) in [4.78, 5) is 11.9. The summed E-state index contributed by atoms with van der Waals surface area (Å²) >= 11 is 5.82. The van der Waals surface area contributed by atoms with Gasteiger partial charge in [0.15, 0.2) is 0 Å². The molecule has 0 saturated carbocycles. The molecule has 1 aromatic heterocycles. The summed E-state index contributed by atoms with van der Waals surface area (Å²) in [5.74, 6) is -0.499. The van der Waals surface area contributed by atoms with Crippen LogP contribution in [0.15, 0.2) is 30.6 Å². The van der Waals surface area contributed by atoms with E-state index in [-0.39, 0.29) is 23.3 Å². The maximum Gasteiger partial charge on any atom is 0.416 e. The van der Waals surface area contributed by atoms with E-state index in [1.165, 1.54) is 0 Å². The number of rotatable bonds is 5. The summed E-state index contributed by atoms with van der Waals surface area (Å²) in [6.45, 7) is 1.74. The van der Waals surface area contributed by atoms with Crippen LogP contribution < -0.4 is 10.6 Å². The van der Waals surface area contributed by atoms with E-state index < -0.39 is 17.6 Å². The highest BCUT2D eigenvalue weighted by atomic mass is 35.5. The first kappa shape index (κ1) is 17.3. The fraction of sp³-hybridized carbons (Fsp3) is 0.286. The average molecular weight is 347 g/mol. The molecule has 1 heterocycles. The summed E-state index contributed by atoms with van der Waals surface area (Å²) in [7, 11) is 0. The standard InChI is InChI=1S/C14H14ClF3N4O/c1-8(9-5-20-21-6-9)19-7-13(23)22-12-4-10(14(16,17)18)2-3-11(12)15/h2-6,8,19H,7H2,1H3,(H,20,21)(H,22,23)/t8-/m0/s1. The molecule has 9 heteroatoms. The number of nitrogens with zero attached hydrogens (tertiary/aromatic N) is 1. The first-order chi connectivity index (χ1) is 10.8. The van der Waals surface area contributed by atoms with Gasteiger partial charge in [0.2, 0.25) is 5.91 Å². The lowest BCUT2D eigenvalue weighted by molar-refractivity contribution is -0.137. The van der Waals surface area contributed by atoms with E-state index in [4.69, 9.17) is 11.6 Å². The maximum absolute atomic E-state index is 12.7. The van der Waals surface area contributed by atoms with Gasteiger partial charge in [0.25, 0.3) is 0 Å². The molecule has 1 amide bonds. The van der Waals surface area contributed by atoms with Gasteiger partial charge in [-0.1, -0.05) is 11.6 Å². The summed E-state index contributed by atoms with van der Waals surface area (Å²) in [6, 6.07) is 2.62. The van der Waals surface area contributed by atoms with Gasteiger partial charge in [-0.2, -0.15) is 18.3 Å². The Morgan fingerprint density at radius 2 is 2.17 bits per heavy atom. The first-order valence-electron chi connectivity index (χ1n) is 6.66. The highest BCUT2D eigenvalue weighted by Gasteiger charge is 2.31. The topological polar surface area (TPSA) is 69.8 Å². The number of aromatic amines is 1. The minimum absolute atomic E-state index is 0.0363. The van der Waals surface area contributed by atoms with E-state index >= 15 is 0 Å². The lowest BCUT2D eigenvalue weighted by atomic mass is 10.2. The fourth-order valence-corrected chi connectivity index (χ4v) is 2.02. The van der Waals surface area contributed by atoms with E-state index in [2.05, 4.69) is 20.8 Å². The highest BCUT2D eigenvalue weighted by Crippen LogP contribution is 2.33. The molecule has 0 radical (unpaired) electrons. The molecule has 0 fully saturated rings. The Kier molecular flexibility index (Phi) is 5.27. The molecule has 1 aromatic carbocycles. The lowest BCUT2D eigenvalue weighted by Crippen LogP contribution is -2.30. The number of nitrogens with one attached hydrogen (secondary N) is 3. The Balaban J connectivity index is 1.97. The van der Waals surface area contributed by atoms with Gasteiger partial charge in [0.05, 0.1) is 29.0 Å². The van der Waals surface area contributed by atoms with Crippen LogP contribution in [0.4, 0.5) is 18.9 Å². The van der Waals surface area contributed by atoms with Crippen molar-refractivity contribution in [3.8, 4) is 0 Å². The van der Waals surface area contributed by atoms with Crippen LogP contribution in [0.1, 0.15) is 24.1 Å². The molecule has 124 valence electrons. The van der Waals surface area contributed by atoms with Crippen molar-refractivity contribution in [2.75, 3.05) is 11.9 Å². The molecule has 1 atom stereocenters. The van der Waals surface area contributed by atoms with Gasteiger partial charge in [-0.15, -0.1) is 0 Å². The van der Waals surface area contributed by atoms with Gasteiger partial charge in [0.1, 0.15) is 0 Å². The van der Waals surface area contributed by atoms with Crippen molar-refractivity contribution in [3.05, 3.63) is 46.7 Å². The molecule has 0 unspecified atom stereocenters. The van der Waals surface area contributed by atoms with E-state index in [9.17, 15) is 18.0 Å². The molecule has 0 aliphatic heterocycles. The Morgan fingerprint density at radius 3 is 2.78 bits per heavy atom. The smallest absolute Gasteiger partial charge is 0.324 e. The van der Waals surface area contributed by atoms with E-state index in [0.717, 1.165) is 23.8 Å². The second kappa shape index (κ2) is 7.01. The van der Waals surface area contributed by atoms with Gasteiger partial charge in [-0.25, -0.2) is 0 Å². The molecule has 5 nitrogen and oxygen atoms in total. The number of carbonyl (C=O) groups is 1. The molecule has 0 saturated heterocycles. The van der Waals surface area contributed by atoms with Crippen molar-refractivity contribution >= 4 is 23.2 Å². The number of anilines is 1. The van der Waals surface area contributed by atoms with Crippen LogP contribution in [-0.2, 0) is 11.0 Å². The highest BCUT2D eigenvalue weighted by molar-refractivity contribution is 6.33. The number of hydrogen-bond donors (Lipinski definition) is 3. The van der Waals surface area contributed by atoms with Crippen LogP contribution in [0.5, 0.6) is 0 Å². The van der Waals surface area contributed by atoms with Crippen molar-refractivity contribution in [2.24, 2.45) is 0 Å². The van der Waals surface area contributed by atoms with Crippen LogP contribution >= 0.6 is 11.6 Å². The number of benzene rings is 1. The molecular weight excluding hydrogens is 333 g/mol. The summed E-state index contributed by atoms with van der Waals surface area (Å²) < 4.78 is 38.0. The number of aromatic nitrogens is 2. The second-order valence-electron chi connectivity index (χ2n) is 4.87. The van der Waals surface area contributed by atoms with Gasteiger partial charge in [0, 0.05) is 17.8 Å². The fourth-order valence-electron chi connectivity index (χ4n) is 1.85. The van der Waals surface area contributed by atoms with E-state index in [1.807, 2.05) is 6.92 Å². The van der Waals surface area contributed by atoms with Crippen molar-refractivity contribution in [2.45, 2.75) is 19.1 Å². The third kappa shape index (κ3) is 4.70. The quantitative estimate of drug-likeness (QED) is 0.777. The number of alkyl halides is 3. The number of halogens is 4. The summed E-state index contributed by atoms with van der Waals surface area (Å²) in [5.41, 5.74) is -0.101. The predicted molar refractivity (Wildman–Crippen MR) is 80.1 cm³/mol. The minimum Gasteiger partial charge on any atom is -0.324 e. The molecular formula is C14H14ClF3N4O. The molecule has 3 N–H and O–H groups in total. The molecule has 23 heavy (non-hydrogen) atoms. The van der Waals surface area contributed by atoms with Crippen LogP contribution in [0.2, 0.25) is 5.02 Å². The van der Waals surface area contributed by atoms with Crippen molar-refractivity contribution in [1.82, 2.24) is 15.5 Å². The number of carbonyl (C=O) groups excluding carboxylic acids is 1. The third-order valence-electron chi connectivity index (χ3n) is 3.16. The number of amides is 1. The number of hydrogen-bond acceptors (Lipinski definition) is 3. The SMILES string of the molecule is C[C@H](NCC(=O)Nc1cc(C(F)(F)F)ccc1Cl)c1cn[nH]c1. The zero-order valence-electron chi connectivity index (χ0n) is 12.0. The summed E-state index contributed by atoms with van der Waals surface area (Å²) in [5, 5.41) is 11.8. The zero-order valence-corrected chi connectivity index (χ0v) is 12.8. The molecule has 0 bridgehead atoms. The van der Waals surface area contributed by atoms with Crippen LogP contribution in [0.25, 0.3) is 0 Å². The van der Waals surface area contributed by atoms with Gasteiger partial charge in [-0.05, 0) is 25.1 Å². The first-order valence-corrected chi connectivity index (χ1v) is 7.04. The molecule has 0 aliphatic rings. The van der Waals surface area contributed by atoms with E-state index in [0.29, 0.717) is 0 Å². The zero-order chi connectivity index (χ0) is 17.0. The predicted octanol–water partition coefficient (Wildman–Crippen LogP) is 3.37. The Labute approximate surface area is 135 Å². The van der Waals surface area contributed by atoms with Crippen LogP contribution in [0, 0.1) is 0 Å². The molecule has 2 rings (SSSR count). The van der Waals surface area contributed by atoms with Gasteiger partial charge in [-0.3, -0.25) is 9.89 Å². The normalized spacial score (nSPS) is 12.9. The van der Waals surface area contributed by atoms with Crippen molar-refractivity contribution in [1.29, 1.82) is 0 Å². The Bertz CT molecular complexity index is 673. The Hall–Kier alpha value is -2.06. The van der Waals surface area contributed by atoms with Crippen LogP contribution in [-0.4, -0.2) is 22.6 Å². The minimum atomic E-state index is -4.50. The largest absolute Gasteiger partial charge is 0.416 e. The summed E-state index contributed by atoms with van der Waals surface area (Å²) in [6.07, 6.45) is -1.21. The van der Waals surface area contributed by atoms with Crippen molar-refractivity contribution < 1.29 is 18.0 Å². The molecule has 0 spiro atoms. The third-order valence-corrected chi connectivity index (χ3v) is 3.49. The monoisotopic (exact) mass is 346 g/mol. The number of H-pyrrole nitrogens is 1. The lowest BCUT2D eigenvalue weighted by Gasteiger charge is -2.14. The van der Waals surface area contributed by atoms with Crippen LogP contribution in [0.3, 0.4) is 0 Å². The van der Waals surface area contributed by atoms with Gasteiger partial charge >= 0.3 is 6.18 Å². The second-order valence-corrected chi connectivity index (χ2v) is 5.28. The maximum atomic E-state index is 12.7. The average Bonchev–Trinajstić information content (AvgIpc) is 3.00. The van der Waals surface area contributed by atoms with Gasteiger partial charge < -0.3 is 10.6 Å². The van der Waals surface area contributed by atoms with E-state index in [1.54, 1.807) is 12.4 Å².